The van der Waals surface area contributed by atoms with Crippen molar-refractivity contribution in [3.8, 4) is 5.75 Å². The zero-order valence-corrected chi connectivity index (χ0v) is 21.1. The molecule has 0 aliphatic rings. The van der Waals surface area contributed by atoms with Gasteiger partial charge in [-0.3, -0.25) is 9.59 Å². The first-order valence-corrected chi connectivity index (χ1v) is 11.8. The number of alkyl carbamates (subject to hydrolysis) is 1. The van der Waals surface area contributed by atoms with Crippen molar-refractivity contribution in [1.82, 2.24) is 15.5 Å². The van der Waals surface area contributed by atoms with Gasteiger partial charge in [0.1, 0.15) is 23.4 Å². The first kappa shape index (κ1) is 28.3. The molecule has 0 aliphatic heterocycles. The van der Waals surface area contributed by atoms with Crippen LogP contribution in [0.3, 0.4) is 0 Å². The Morgan fingerprint density at radius 3 is 2.21 bits per heavy atom. The van der Waals surface area contributed by atoms with Crippen molar-refractivity contribution in [3.63, 3.8) is 0 Å². The topological polar surface area (TPSA) is 108 Å². The summed E-state index contributed by atoms with van der Waals surface area (Å²) in [6, 6.07) is 4.39. The van der Waals surface area contributed by atoms with E-state index < -0.39 is 29.7 Å². The van der Waals surface area contributed by atoms with E-state index in [0.717, 1.165) is 19.3 Å². The van der Waals surface area contributed by atoms with Crippen LogP contribution in [0.2, 0.25) is 0 Å². The standard InChI is InChI=1S/C25H41N3O5/c1-8-9-10-13-16-28(23(31)18(4)27-24(32)33-25(5,6)7)21(22(30)26-17(2)3)19-14-11-12-15-20(19)29/h11-12,14-15,17-18,21,29H,8-10,13,16H2,1-7H3,(H,26,30)(H,27,32). The lowest BCUT2D eigenvalue weighted by molar-refractivity contribution is -0.142. The van der Waals surface area contributed by atoms with Crippen molar-refractivity contribution in [1.29, 1.82) is 0 Å². The minimum absolute atomic E-state index is 0.0690. The summed E-state index contributed by atoms with van der Waals surface area (Å²) in [4.78, 5) is 40.5. The van der Waals surface area contributed by atoms with E-state index in [9.17, 15) is 19.5 Å². The monoisotopic (exact) mass is 463 g/mol. The highest BCUT2D eigenvalue weighted by atomic mass is 16.6. The van der Waals surface area contributed by atoms with Gasteiger partial charge in [0.05, 0.1) is 0 Å². The lowest BCUT2D eigenvalue weighted by Gasteiger charge is -2.34. The van der Waals surface area contributed by atoms with Crippen LogP contribution in [-0.2, 0) is 14.3 Å². The Morgan fingerprint density at radius 1 is 1.03 bits per heavy atom. The number of hydrogen-bond donors (Lipinski definition) is 3. The van der Waals surface area contributed by atoms with Crippen molar-refractivity contribution < 1.29 is 24.2 Å². The van der Waals surface area contributed by atoms with Crippen LogP contribution in [0.25, 0.3) is 0 Å². The molecule has 33 heavy (non-hydrogen) atoms. The molecule has 1 rings (SSSR count). The predicted molar refractivity (Wildman–Crippen MR) is 129 cm³/mol. The molecule has 0 aliphatic carbocycles. The Labute approximate surface area is 198 Å². The molecular weight excluding hydrogens is 422 g/mol. The van der Waals surface area contributed by atoms with Crippen molar-refractivity contribution in [2.75, 3.05) is 6.54 Å². The van der Waals surface area contributed by atoms with Gasteiger partial charge in [0.25, 0.3) is 0 Å². The van der Waals surface area contributed by atoms with E-state index >= 15 is 0 Å². The molecule has 0 spiro atoms. The summed E-state index contributed by atoms with van der Waals surface area (Å²) < 4.78 is 5.28. The molecule has 0 heterocycles. The molecule has 0 aromatic heterocycles. The van der Waals surface area contributed by atoms with Gasteiger partial charge < -0.3 is 25.4 Å². The van der Waals surface area contributed by atoms with Crippen molar-refractivity contribution in [2.24, 2.45) is 0 Å². The van der Waals surface area contributed by atoms with Gasteiger partial charge in [0.15, 0.2) is 0 Å². The van der Waals surface area contributed by atoms with Gasteiger partial charge in [-0.25, -0.2) is 4.79 Å². The van der Waals surface area contributed by atoms with Gasteiger partial charge in [-0.1, -0.05) is 44.4 Å². The molecule has 1 aromatic rings. The Morgan fingerprint density at radius 2 is 1.67 bits per heavy atom. The minimum atomic E-state index is -1.04. The second-order valence-electron chi connectivity index (χ2n) is 9.58. The first-order valence-electron chi connectivity index (χ1n) is 11.8. The Bertz CT molecular complexity index is 788. The normalized spacial score (nSPS) is 13.2. The quantitative estimate of drug-likeness (QED) is 0.425. The molecule has 186 valence electrons. The molecule has 3 amide bonds. The minimum Gasteiger partial charge on any atom is -0.508 e. The third-order valence-electron chi connectivity index (χ3n) is 4.86. The van der Waals surface area contributed by atoms with Gasteiger partial charge in [0, 0.05) is 18.2 Å². The molecule has 0 bridgehead atoms. The molecule has 8 heteroatoms. The first-order chi connectivity index (χ1) is 15.4. The van der Waals surface area contributed by atoms with Crippen LogP contribution in [0.15, 0.2) is 24.3 Å². The molecule has 1 aromatic carbocycles. The van der Waals surface area contributed by atoms with E-state index in [1.807, 2.05) is 13.8 Å². The molecule has 0 fully saturated rings. The predicted octanol–water partition coefficient (Wildman–Crippen LogP) is 4.28. The number of phenolic OH excluding ortho intramolecular Hbond substituents is 1. The van der Waals surface area contributed by atoms with Crippen LogP contribution in [0.1, 0.15) is 85.8 Å². The zero-order valence-electron chi connectivity index (χ0n) is 21.1. The van der Waals surface area contributed by atoms with Crippen molar-refractivity contribution >= 4 is 17.9 Å². The number of rotatable bonds is 11. The third-order valence-corrected chi connectivity index (χ3v) is 4.86. The number of aromatic hydroxyl groups is 1. The number of carbonyl (C=O) groups excluding carboxylic acids is 3. The number of hydrogen-bond acceptors (Lipinski definition) is 5. The van der Waals surface area contributed by atoms with Gasteiger partial charge in [0.2, 0.25) is 11.8 Å². The molecule has 0 saturated carbocycles. The highest BCUT2D eigenvalue weighted by Crippen LogP contribution is 2.30. The average Bonchev–Trinajstić information content (AvgIpc) is 2.68. The number of ether oxygens (including phenoxy) is 1. The second kappa shape index (κ2) is 13.1. The number of nitrogens with one attached hydrogen (secondary N) is 2. The summed E-state index contributed by atoms with van der Waals surface area (Å²) in [6.45, 7) is 12.9. The van der Waals surface area contributed by atoms with Crippen LogP contribution in [0.4, 0.5) is 4.79 Å². The van der Waals surface area contributed by atoms with Crippen LogP contribution in [-0.4, -0.2) is 52.1 Å². The number of nitrogens with zero attached hydrogens (tertiary/aromatic N) is 1. The lowest BCUT2D eigenvalue weighted by Crippen LogP contribution is -2.52. The van der Waals surface area contributed by atoms with E-state index in [4.69, 9.17) is 4.74 Å². The van der Waals surface area contributed by atoms with E-state index in [0.29, 0.717) is 18.5 Å². The summed E-state index contributed by atoms with van der Waals surface area (Å²) in [5, 5.41) is 15.9. The van der Waals surface area contributed by atoms with E-state index in [2.05, 4.69) is 17.6 Å². The molecule has 2 unspecified atom stereocenters. The van der Waals surface area contributed by atoms with E-state index in [1.165, 1.54) is 11.0 Å². The Hall–Kier alpha value is -2.77. The molecule has 8 nitrogen and oxygen atoms in total. The highest BCUT2D eigenvalue weighted by Gasteiger charge is 2.35. The SMILES string of the molecule is CCCCCCN(C(=O)C(C)NC(=O)OC(C)(C)C)C(C(=O)NC(C)C)c1ccccc1O. The maximum absolute atomic E-state index is 13.5. The Balaban J connectivity index is 3.29. The van der Waals surface area contributed by atoms with Gasteiger partial charge in [-0.05, 0) is 54.0 Å². The maximum Gasteiger partial charge on any atom is 0.408 e. The second-order valence-corrected chi connectivity index (χ2v) is 9.58. The summed E-state index contributed by atoms with van der Waals surface area (Å²) in [5.74, 6) is -0.884. The fourth-order valence-corrected chi connectivity index (χ4v) is 3.40. The molecule has 0 radical (unpaired) electrons. The molecular formula is C25H41N3O5. The largest absolute Gasteiger partial charge is 0.508 e. The van der Waals surface area contributed by atoms with Crippen LogP contribution < -0.4 is 10.6 Å². The summed E-state index contributed by atoms with van der Waals surface area (Å²) in [6.07, 6.45) is 2.92. The van der Waals surface area contributed by atoms with Crippen LogP contribution in [0, 0.1) is 0 Å². The number of para-hydroxylation sites is 1. The summed E-state index contributed by atoms with van der Waals surface area (Å²) >= 11 is 0. The maximum atomic E-state index is 13.5. The fourth-order valence-electron chi connectivity index (χ4n) is 3.40. The van der Waals surface area contributed by atoms with E-state index in [-0.39, 0.29) is 17.7 Å². The third kappa shape index (κ3) is 9.72. The zero-order chi connectivity index (χ0) is 25.2. The Kier molecular flexibility index (Phi) is 11.2. The van der Waals surface area contributed by atoms with Gasteiger partial charge >= 0.3 is 6.09 Å². The number of phenols is 1. The fraction of sp³-hybridized carbons (Fsp3) is 0.640. The lowest BCUT2D eigenvalue weighted by atomic mass is 10.0. The molecule has 3 N–H and O–H groups in total. The number of unbranched alkanes of at least 4 members (excludes halogenated alkanes) is 3. The van der Waals surface area contributed by atoms with Crippen molar-refractivity contribution in [2.45, 2.75) is 97.9 Å². The van der Waals surface area contributed by atoms with Crippen LogP contribution >= 0.6 is 0 Å². The summed E-state index contributed by atoms with van der Waals surface area (Å²) in [7, 11) is 0. The molecule has 0 saturated heterocycles. The average molecular weight is 464 g/mol. The van der Waals surface area contributed by atoms with Crippen molar-refractivity contribution in [3.05, 3.63) is 29.8 Å². The highest BCUT2D eigenvalue weighted by molar-refractivity contribution is 5.92. The number of benzene rings is 1. The van der Waals surface area contributed by atoms with Gasteiger partial charge in [-0.15, -0.1) is 0 Å². The molecule has 2 atom stereocenters. The number of amides is 3. The van der Waals surface area contributed by atoms with E-state index in [1.54, 1.807) is 45.9 Å². The number of carbonyl (C=O) groups is 3. The van der Waals surface area contributed by atoms with Crippen LogP contribution in [0.5, 0.6) is 5.75 Å². The smallest absolute Gasteiger partial charge is 0.408 e. The summed E-state index contributed by atoms with van der Waals surface area (Å²) in [5.41, 5.74) is -0.369. The van der Waals surface area contributed by atoms with Gasteiger partial charge in [-0.2, -0.15) is 0 Å².